The SMILES string of the molecule is CNC1(C#N)CCCC(Sc2nccc(=O)[nH]2)C1. The van der Waals surface area contributed by atoms with Crippen LogP contribution in [0.4, 0.5) is 0 Å². The molecule has 5 nitrogen and oxygen atoms in total. The van der Waals surface area contributed by atoms with E-state index in [0.717, 1.165) is 25.7 Å². The lowest BCUT2D eigenvalue weighted by molar-refractivity contribution is 0.323. The second-order valence-electron chi connectivity index (χ2n) is 4.52. The highest BCUT2D eigenvalue weighted by atomic mass is 32.2. The number of nitrogens with zero attached hydrogens (tertiary/aromatic N) is 2. The van der Waals surface area contributed by atoms with Crippen molar-refractivity contribution >= 4 is 11.8 Å². The average Bonchev–Trinajstić information content (AvgIpc) is 2.39. The van der Waals surface area contributed by atoms with Gasteiger partial charge in [0.15, 0.2) is 5.16 Å². The summed E-state index contributed by atoms with van der Waals surface area (Å²) in [5.74, 6) is 0. The van der Waals surface area contributed by atoms with Crippen LogP contribution in [0.5, 0.6) is 0 Å². The van der Waals surface area contributed by atoms with E-state index in [2.05, 4.69) is 21.4 Å². The van der Waals surface area contributed by atoms with Crippen LogP contribution in [0.2, 0.25) is 0 Å². The van der Waals surface area contributed by atoms with Gasteiger partial charge >= 0.3 is 0 Å². The lowest BCUT2D eigenvalue weighted by Crippen LogP contribution is -2.46. The lowest BCUT2D eigenvalue weighted by Gasteiger charge is -2.34. The van der Waals surface area contributed by atoms with E-state index in [-0.39, 0.29) is 5.56 Å². The smallest absolute Gasteiger partial charge is 0.251 e. The van der Waals surface area contributed by atoms with Gasteiger partial charge in [-0.3, -0.25) is 4.79 Å². The Morgan fingerprint density at radius 3 is 3.22 bits per heavy atom. The van der Waals surface area contributed by atoms with Gasteiger partial charge in [0.2, 0.25) is 0 Å². The van der Waals surface area contributed by atoms with Crippen LogP contribution in [0.1, 0.15) is 25.7 Å². The molecule has 1 saturated carbocycles. The van der Waals surface area contributed by atoms with Crippen LogP contribution in [0.15, 0.2) is 22.2 Å². The normalized spacial score (nSPS) is 27.7. The Balaban J connectivity index is 2.07. The fourth-order valence-corrected chi connectivity index (χ4v) is 3.53. The molecule has 0 aliphatic heterocycles. The number of aromatic nitrogens is 2. The number of hydrogen-bond donors (Lipinski definition) is 2. The Hall–Kier alpha value is -1.32. The molecule has 0 radical (unpaired) electrons. The largest absolute Gasteiger partial charge is 0.302 e. The summed E-state index contributed by atoms with van der Waals surface area (Å²) in [6.07, 6.45) is 5.25. The molecule has 6 heteroatoms. The predicted octanol–water partition coefficient (Wildman–Crippen LogP) is 1.29. The van der Waals surface area contributed by atoms with Crippen LogP contribution in [0.25, 0.3) is 0 Å². The second kappa shape index (κ2) is 5.55. The van der Waals surface area contributed by atoms with Crippen molar-refractivity contribution in [2.24, 2.45) is 0 Å². The van der Waals surface area contributed by atoms with Gasteiger partial charge in [0.05, 0.1) is 6.07 Å². The topological polar surface area (TPSA) is 81.6 Å². The van der Waals surface area contributed by atoms with Gasteiger partial charge in [0, 0.05) is 17.5 Å². The summed E-state index contributed by atoms with van der Waals surface area (Å²) in [5, 5.41) is 13.4. The molecule has 96 valence electrons. The number of nitrogens with one attached hydrogen (secondary N) is 2. The molecule has 1 heterocycles. The van der Waals surface area contributed by atoms with E-state index in [1.165, 1.54) is 12.3 Å². The highest BCUT2D eigenvalue weighted by Gasteiger charge is 2.35. The van der Waals surface area contributed by atoms with Crippen molar-refractivity contribution in [3.63, 3.8) is 0 Å². The fraction of sp³-hybridized carbons (Fsp3) is 0.583. The highest BCUT2D eigenvalue weighted by molar-refractivity contribution is 7.99. The molecule has 2 rings (SSSR count). The first kappa shape index (κ1) is 13.1. The second-order valence-corrected chi connectivity index (χ2v) is 5.81. The maximum absolute atomic E-state index is 11.2. The number of H-pyrrole nitrogens is 1. The van der Waals surface area contributed by atoms with Crippen molar-refractivity contribution in [1.82, 2.24) is 15.3 Å². The van der Waals surface area contributed by atoms with Gasteiger partial charge in [-0.25, -0.2) is 4.98 Å². The highest BCUT2D eigenvalue weighted by Crippen LogP contribution is 2.36. The van der Waals surface area contributed by atoms with Crippen molar-refractivity contribution in [3.05, 3.63) is 22.6 Å². The molecule has 2 unspecified atom stereocenters. The first-order valence-corrected chi connectivity index (χ1v) is 6.87. The third-order valence-electron chi connectivity index (χ3n) is 3.32. The first-order chi connectivity index (χ1) is 8.67. The molecule has 2 atom stereocenters. The summed E-state index contributed by atoms with van der Waals surface area (Å²) in [5.41, 5.74) is -0.561. The van der Waals surface area contributed by atoms with Crippen molar-refractivity contribution in [3.8, 4) is 6.07 Å². The minimum Gasteiger partial charge on any atom is -0.302 e. The molecule has 1 aliphatic rings. The molecule has 0 spiro atoms. The van der Waals surface area contributed by atoms with Crippen LogP contribution in [-0.2, 0) is 0 Å². The molecule has 18 heavy (non-hydrogen) atoms. The summed E-state index contributed by atoms with van der Waals surface area (Å²) in [7, 11) is 1.83. The number of rotatable bonds is 3. The van der Waals surface area contributed by atoms with E-state index in [4.69, 9.17) is 0 Å². The first-order valence-electron chi connectivity index (χ1n) is 5.99. The number of nitriles is 1. The molecule has 2 N–H and O–H groups in total. The van der Waals surface area contributed by atoms with Gasteiger partial charge < -0.3 is 10.3 Å². The van der Waals surface area contributed by atoms with E-state index < -0.39 is 5.54 Å². The maximum Gasteiger partial charge on any atom is 0.251 e. The Morgan fingerprint density at radius 1 is 1.72 bits per heavy atom. The van der Waals surface area contributed by atoms with Crippen LogP contribution in [0, 0.1) is 11.3 Å². The third kappa shape index (κ3) is 2.92. The minimum absolute atomic E-state index is 0.136. The molecule has 1 aliphatic carbocycles. The molecule has 0 amide bonds. The van der Waals surface area contributed by atoms with Crippen LogP contribution >= 0.6 is 11.8 Å². The number of hydrogen-bond acceptors (Lipinski definition) is 5. The molecule has 0 saturated heterocycles. The van der Waals surface area contributed by atoms with Crippen molar-refractivity contribution in [2.75, 3.05) is 7.05 Å². The van der Waals surface area contributed by atoms with E-state index in [1.54, 1.807) is 11.8 Å². The molecular weight excluding hydrogens is 248 g/mol. The monoisotopic (exact) mass is 264 g/mol. The molecule has 1 aromatic rings. The zero-order valence-electron chi connectivity index (χ0n) is 10.3. The van der Waals surface area contributed by atoms with Gasteiger partial charge in [0.1, 0.15) is 5.54 Å². The standard InChI is InChI=1S/C12H16N4OS/c1-14-12(8-13)5-2-3-9(7-12)18-11-15-6-4-10(17)16-11/h4,6,9,14H,2-3,5,7H2,1H3,(H,15,16,17). The quantitative estimate of drug-likeness (QED) is 0.804. The number of aromatic amines is 1. The van der Waals surface area contributed by atoms with E-state index in [9.17, 15) is 10.1 Å². The van der Waals surface area contributed by atoms with Gasteiger partial charge in [-0.2, -0.15) is 5.26 Å². The van der Waals surface area contributed by atoms with Gasteiger partial charge in [-0.1, -0.05) is 11.8 Å². The summed E-state index contributed by atoms with van der Waals surface area (Å²) >= 11 is 1.55. The third-order valence-corrected chi connectivity index (χ3v) is 4.49. The van der Waals surface area contributed by atoms with Crippen LogP contribution in [0.3, 0.4) is 0 Å². The molecule has 1 fully saturated rings. The molecule has 1 aromatic heterocycles. The van der Waals surface area contributed by atoms with E-state index in [1.807, 2.05) is 7.05 Å². The Kier molecular flexibility index (Phi) is 4.04. The van der Waals surface area contributed by atoms with Crippen LogP contribution in [-0.4, -0.2) is 27.8 Å². The minimum atomic E-state index is -0.426. The predicted molar refractivity (Wildman–Crippen MR) is 70.4 cm³/mol. The van der Waals surface area contributed by atoms with Crippen LogP contribution < -0.4 is 10.9 Å². The Morgan fingerprint density at radius 2 is 2.56 bits per heavy atom. The molecular formula is C12H16N4OS. The Labute approximate surface area is 110 Å². The summed E-state index contributed by atoms with van der Waals surface area (Å²) in [4.78, 5) is 18.0. The van der Waals surface area contributed by atoms with E-state index in [0.29, 0.717) is 10.4 Å². The van der Waals surface area contributed by atoms with Crippen molar-refractivity contribution in [2.45, 2.75) is 41.6 Å². The molecule has 0 aromatic carbocycles. The lowest BCUT2D eigenvalue weighted by atomic mass is 9.83. The average molecular weight is 264 g/mol. The molecule has 0 bridgehead atoms. The fourth-order valence-electron chi connectivity index (χ4n) is 2.28. The zero-order chi connectivity index (χ0) is 13.0. The van der Waals surface area contributed by atoms with Gasteiger partial charge in [-0.05, 0) is 32.7 Å². The number of thioether (sulfide) groups is 1. The van der Waals surface area contributed by atoms with Gasteiger partial charge in [0.25, 0.3) is 5.56 Å². The summed E-state index contributed by atoms with van der Waals surface area (Å²) in [6, 6.07) is 3.78. The van der Waals surface area contributed by atoms with Gasteiger partial charge in [-0.15, -0.1) is 0 Å². The maximum atomic E-state index is 11.2. The van der Waals surface area contributed by atoms with E-state index >= 15 is 0 Å². The van der Waals surface area contributed by atoms with Crippen molar-refractivity contribution < 1.29 is 0 Å². The summed E-state index contributed by atoms with van der Waals surface area (Å²) in [6.45, 7) is 0. The zero-order valence-corrected chi connectivity index (χ0v) is 11.1. The Bertz CT molecular complexity index is 509. The van der Waals surface area contributed by atoms with Crippen molar-refractivity contribution in [1.29, 1.82) is 5.26 Å². The summed E-state index contributed by atoms with van der Waals surface area (Å²) < 4.78 is 0.